The molecule has 0 spiro atoms. The van der Waals surface area contributed by atoms with E-state index in [0.29, 0.717) is 5.57 Å². The molecule has 0 saturated carbocycles. The summed E-state index contributed by atoms with van der Waals surface area (Å²) in [6.45, 7) is 0. The third-order valence-corrected chi connectivity index (χ3v) is 4.00. The first-order chi connectivity index (χ1) is 11.6. The van der Waals surface area contributed by atoms with Crippen LogP contribution in [0.2, 0.25) is 0 Å². The first-order valence-corrected chi connectivity index (χ1v) is 7.49. The summed E-state index contributed by atoms with van der Waals surface area (Å²) in [6, 6.07) is 18.5. The zero-order chi connectivity index (χ0) is 17.1. The highest BCUT2D eigenvalue weighted by Gasteiger charge is 2.33. The third-order valence-electron chi connectivity index (χ3n) is 4.00. The molecule has 0 aromatic heterocycles. The van der Waals surface area contributed by atoms with Gasteiger partial charge in [-0.05, 0) is 17.7 Å². The minimum atomic E-state index is -0.644. The number of nitrogens with two attached hydrogens (primary N) is 2. The second-order valence-electron chi connectivity index (χ2n) is 5.46. The van der Waals surface area contributed by atoms with Crippen molar-refractivity contribution in [1.29, 1.82) is 0 Å². The Morgan fingerprint density at radius 3 is 2.12 bits per heavy atom. The number of amides is 1. The fraction of sp³-hybridized carbons (Fsp3) is 0.0526. The van der Waals surface area contributed by atoms with Gasteiger partial charge in [0.05, 0.1) is 5.57 Å². The molecular weight excluding hydrogens is 302 g/mol. The van der Waals surface area contributed by atoms with Gasteiger partial charge in [-0.15, -0.1) is 0 Å². The molecule has 1 atom stereocenters. The van der Waals surface area contributed by atoms with Crippen LogP contribution < -0.4 is 16.4 Å². The molecule has 2 aromatic rings. The molecule has 1 aliphatic rings. The molecule has 2 aromatic carbocycles. The van der Waals surface area contributed by atoms with Crippen molar-refractivity contribution >= 4 is 17.9 Å². The van der Waals surface area contributed by atoms with Crippen LogP contribution in [0, 0.1) is 0 Å². The van der Waals surface area contributed by atoms with Gasteiger partial charge in [0.2, 0.25) is 5.91 Å². The summed E-state index contributed by atoms with van der Waals surface area (Å²) >= 11 is 0. The van der Waals surface area contributed by atoms with Gasteiger partial charge in [-0.3, -0.25) is 9.59 Å². The molecule has 0 fully saturated rings. The van der Waals surface area contributed by atoms with Crippen LogP contribution in [0.15, 0.2) is 83.8 Å². The van der Waals surface area contributed by atoms with E-state index in [2.05, 4.69) is 0 Å². The number of primary amides is 1. The van der Waals surface area contributed by atoms with Crippen molar-refractivity contribution in [3.05, 3.63) is 89.4 Å². The standard InChI is InChI=1S/C19H17N3O2/c20-18-17(19(21)24)16(13-7-3-1-4-8-13)14(12-23)11-22(18)15-9-5-2-6-10-15/h1-12,16H,20H2,(H2,21,24). The molecule has 1 heterocycles. The molecule has 5 heteroatoms. The van der Waals surface area contributed by atoms with Crippen LogP contribution in [0.3, 0.4) is 0 Å². The number of nitrogens with zero attached hydrogens (tertiary/aromatic N) is 1. The Morgan fingerprint density at radius 1 is 1.00 bits per heavy atom. The average molecular weight is 319 g/mol. The van der Waals surface area contributed by atoms with E-state index in [0.717, 1.165) is 17.5 Å². The highest BCUT2D eigenvalue weighted by atomic mass is 16.1. The monoisotopic (exact) mass is 319 g/mol. The number of anilines is 1. The third kappa shape index (κ3) is 2.67. The van der Waals surface area contributed by atoms with E-state index in [4.69, 9.17) is 11.5 Å². The van der Waals surface area contributed by atoms with Crippen LogP contribution in [0.5, 0.6) is 0 Å². The lowest BCUT2D eigenvalue weighted by Crippen LogP contribution is -2.36. The minimum absolute atomic E-state index is 0.217. The smallest absolute Gasteiger partial charge is 0.249 e. The SMILES string of the molecule is NC(=O)C1=C(N)N(c2ccccc2)C=C(C=O)C1c1ccccc1. The highest BCUT2D eigenvalue weighted by Crippen LogP contribution is 2.37. The van der Waals surface area contributed by atoms with E-state index >= 15 is 0 Å². The zero-order valence-electron chi connectivity index (χ0n) is 12.9. The Kier molecular flexibility index (Phi) is 4.16. The molecule has 1 unspecified atom stereocenters. The van der Waals surface area contributed by atoms with Crippen LogP contribution >= 0.6 is 0 Å². The van der Waals surface area contributed by atoms with Gasteiger partial charge in [-0.1, -0.05) is 48.5 Å². The molecule has 120 valence electrons. The Morgan fingerprint density at radius 2 is 1.58 bits per heavy atom. The number of hydrogen-bond donors (Lipinski definition) is 2. The molecule has 24 heavy (non-hydrogen) atoms. The van der Waals surface area contributed by atoms with Crippen LogP contribution in [0.1, 0.15) is 11.5 Å². The maximum absolute atomic E-state index is 12.1. The van der Waals surface area contributed by atoms with Crippen LogP contribution in [0.25, 0.3) is 0 Å². The van der Waals surface area contributed by atoms with Crippen molar-refractivity contribution in [2.24, 2.45) is 11.5 Å². The first-order valence-electron chi connectivity index (χ1n) is 7.49. The summed E-state index contributed by atoms with van der Waals surface area (Å²) < 4.78 is 0. The minimum Gasteiger partial charge on any atom is -0.384 e. The van der Waals surface area contributed by atoms with Gasteiger partial charge in [0.25, 0.3) is 0 Å². The second kappa shape index (κ2) is 6.42. The zero-order valence-corrected chi connectivity index (χ0v) is 12.9. The van der Waals surface area contributed by atoms with E-state index in [1.165, 1.54) is 0 Å². The maximum atomic E-state index is 12.1. The molecule has 4 N–H and O–H groups in total. The number of allylic oxidation sites excluding steroid dienone is 1. The quantitative estimate of drug-likeness (QED) is 0.844. The summed E-state index contributed by atoms with van der Waals surface area (Å²) in [7, 11) is 0. The van der Waals surface area contributed by atoms with E-state index in [1.807, 2.05) is 60.7 Å². The van der Waals surface area contributed by atoms with Crippen molar-refractivity contribution < 1.29 is 9.59 Å². The lowest BCUT2D eigenvalue weighted by Gasteiger charge is -2.32. The summed E-state index contributed by atoms with van der Waals surface area (Å²) in [5, 5.41) is 0. The molecule has 0 aliphatic carbocycles. The normalized spacial score (nSPS) is 17.4. The van der Waals surface area contributed by atoms with Gasteiger partial charge in [0.15, 0.2) is 0 Å². The molecule has 5 nitrogen and oxygen atoms in total. The van der Waals surface area contributed by atoms with E-state index < -0.39 is 11.8 Å². The fourth-order valence-corrected chi connectivity index (χ4v) is 2.91. The summed E-state index contributed by atoms with van der Waals surface area (Å²) in [4.78, 5) is 25.4. The average Bonchev–Trinajstić information content (AvgIpc) is 2.62. The second-order valence-corrected chi connectivity index (χ2v) is 5.46. The van der Waals surface area contributed by atoms with E-state index in [1.54, 1.807) is 11.1 Å². The van der Waals surface area contributed by atoms with E-state index in [9.17, 15) is 9.59 Å². The highest BCUT2D eigenvalue weighted by molar-refractivity contribution is 5.99. The lowest BCUT2D eigenvalue weighted by molar-refractivity contribution is -0.114. The summed E-state index contributed by atoms with van der Waals surface area (Å²) in [6.07, 6.45) is 2.39. The van der Waals surface area contributed by atoms with Crippen molar-refractivity contribution in [1.82, 2.24) is 0 Å². The maximum Gasteiger partial charge on any atom is 0.249 e. The number of hydrogen-bond acceptors (Lipinski definition) is 4. The van der Waals surface area contributed by atoms with Crippen LogP contribution in [-0.2, 0) is 9.59 Å². The van der Waals surface area contributed by atoms with Crippen LogP contribution in [0.4, 0.5) is 5.69 Å². The van der Waals surface area contributed by atoms with Gasteiger partial charge in [-0.2, -0.15) is 0 Å². The van der Waals surface area contributed by atoms with Crippen molar-refractivity contribution in [3.8, 4) is 0 Å². The predicted octanol–water partition coefficient (Wildman–Crippen LogP) is 2.03. The molecule has 0 saturated heterocycles. The Hall–Kier alpha value is -3.34. The van der Waals surface area contributed by atoms with Gasteiger partial charge in [-0.25, -0.2) is 0 Å². The number of carbonyl (C=O) groups is 2. The Balaban J connectivity index is 2.19. The summed E-state index contributed by atoms with van der Waals surface area (Å²) in [5.74, 6) is -0.982. The number of para-hydroxylation sites is 1. The number of benzene rings is 2. The molecule has 0 bridgehead atoms. The fourth-order valence-electron chi connectivity index (χ4n) is 2.91. The largest absolute Gasteiger partial charge is 0.384 e. The van der Waals surface area contributed by atoms with Gasteiger partial charge in [0.1, 0.15) is 12.1 Å². The number of carbonyl (C=O) groups excluding carboxylic acids is 2. The first kappa shape index (κ1) is 15.6. The predicted molar refractivity (Wildman–Crippen MR) is 92.7 cm³/mol. The molecule has 1 aliphatic heterocycles. The van der Waals surface area contributed by atoms with Crippen molar-refractivity contribution in [2.45, 2.75) is 5.92 Å². The van der Waals surface area contributed by atoms with Crippen LogP contribution in [-0.4, -0.2) is 12.2 Å². The van der Waals surface area contributed by atoms with Crippen molar-refractivity contribution in [3.63, 3.8) is 0 Å². The molecular formula is C19H17N3O2. The Bertz CT molecular complexity index is 826. The molecule has 3 rings (SSSR count). The van der Waals surface area contributed by atoms with Gasteiger partial charge < -0.3 is 16.4 Å². The van der Waals surface area contributed by atoms with E-state index in [-0.39, 0.29) is 11.4 Å². The summed E-state index contributed by atoms with van der Waals surface area (Å²) in [5.41, 5.74) is 14.0. The van der Waals surface area contributed by atoms with Gasteiger partial charge >= 0.3 is 0 Å². The molecule has 0 radical (unpaired) electrons. The molecule has 1 amide bonds. The topological polar surface area (TPSA) is 89.4 Å². The Labute approximate surface area is 139 Å². The number of rotatable bonds is 4. The lowest BCUT2D eigenvalue weighted by atomic mass is 9.83. The van der Waals surface area contributed by atoms with Crippen molar-refractivity contribution in [2.75, 3.05) is 4.90 Å². The number of aldehydes is 1. The van der Waals surface area contributed by atoms with Gasteiger partial charge in [0, 0.05) is 23.4 Å².